The number of hydrogen-bond donors (Lipinski definition) is 0. The van der Waals surface area contributed by atoms with Gasteiger partial charge in [0.15, 0.2) is 0 Å². The van der Waals surface area contributed by atoms with Crippen LogP contribution in [-0.2, 0) is 4.84 Å². The minimum absolute atomic E-state index is 0.216. The fraction of sp³-hybridized carbons (Fsp3) is 0.333. The molecule has 1 heterocycles. The van der Waals surface area contributed by atoms with E-state index < -0.39 is 0 Å². The molecule has 1 rings (SSSR count). The summed E-state index contributed by atoms with van der Waals surface area (Å²) in [5.74, 6) is -0.155. The molecule has 0 saturated carbocycles. The Labute approximate surface area is 92.5 Å². The van der Waals surface area contributed by atoms with Crippen molar-refractivity contribution in [2.45, 2.75) is 0 Å². The first-order valence-electron chi connectivity index (χ1n) is 4.11. The fourth-order valence-corrected chi connectivity index (χ4v) is 1.15. The van der Waals surface area contributed by atoms with Crippen LogP contribution in [0.3, 0.4) is 0 Å². The van der Waals surface area contributed by atoms with E-state index in [1.54, 1.807) is 0 Å². The Kier molecular flexibility index (Phi) is 3.88. The molecule has 82 valence electrons. The highest BCUT2D eigenvalue weighted by molar-refractivity contribution is 6.30. The third-order valence-electron chi connectivity index (χ3n) is 1.80. The van der Waals surface area contributed by atoms with Gasteiger partial charge in [-0.05, 0) is 6.07 Å². The predicted molar refractivity (Wildman–Crippen MR) is 54.9 cm³/mol. The molecule has 0 saturated heterocycles. The number of carbonyl (C=O) groups excluding carboxylic acids is 1. The van der Waals surface area contributed by atoms with Gasteiger partial charge in [0.1, 0.15) is 5.56 Å². The number of halogens is 1. The summed E-state index contributed by atoms with van der Waals surface area (Å²) in [6, 6.07) is 1.48. The van der Waals surface area contributed by atoms with Gasteiger partial charge in [0.05, 0.1) is 19.2 Å². The lowest BCUT2D eigenvalue weighted by Gasteiger charge is -2.14. The van der Waals surface area contributed by atoms with Gasteiger partial charge in [0, 0.05) is 13.2 Å². The van der Waals surface area contributed by atoms with Gasteiger partial charge in [-0.2, -0.15) is 0 Å². The zero-order chi connectivity index (χ0) is 11.4. The molecular formula is C9H11ClN2O3. The minimum atomic E-state index is -0.371. The highest BCUT2D eigenvalue weighted by atomic mass is 35.5. The highest BCUT2D eigenvalue weighted by Crippen LogP contribution is 2.20. The van der Waals surface area contributed by atoms with Gasteiger partial charge in [0.2, 0.25) is 5.88 Å². The molecule has 0 aliphatic heterocycles. The molecule has 0 N–H and O–H groups in total. The van der Waals surface area contributed by atoms with Crippen LogP contribution < -0.4 is 4.74 Å². The number of methoxy groups -OCH3 is 1. The molecule has 0 atom stereocenters. The summed E-state index contributed by atoms with van der Waals surface area (Å²) in [6.07, 6.45) is 1.41. The third kappa shape index (κ3) is 2.57. The number of ether oxygens (including phenoxy) is 1. The van der Waals surface area contributed by atoms with Crippen molar-refractivity contribution in [2.24, 2.45) is 0 Å². The second-order valence-corrected chi connectivity index (χ2v) is 3.13. The molecule has 15 heavy (non-hydrogen) atoms. The first-order chi connectivity index (χ1) is 7.10. The molecule has 0 radical (unpaired) electrons. The van der Waals surface area contributed by atoms with Crippen molar-refractivity contribution in [3.05, 3.63) is 22.8 Å². The Hall–Kier alpha value is -1.33. The Bertz CT molecular complexity index is 370. The molecule has 1 aromatic rings. The van der Waals surface area contributed by atoms with Gasteiger partial charge in [-0.15, -0.1) is 0 Å². The number of nitrogens with zero attached hydrogens (tertiary/aromatic N) is 2. The zero-order valence-electron chi connectivity index (χ0n) is 8.65. The summed E-state index contributed by atoms with van der Waals surface area (Å²) >= 11 is 5.74. The van der Waals surface area contributed by atoms with E-state index in [4.69, 9.17) is 21.2 Å². The summed E-state index contributed by atoms with van der Waals surface area (Å²) in [5.41, 5.74) is 0.259. The van der Waals surface area contributed by atoms with Crippen molar-refractivity contribution in [2.75, 3.05) is 21.3 Å². The Morgan fingerprint density at radius 3 is 2.73 bits per heavy atom. The number of hydrogen-bond acceptors (Lipinski definition) is 4. The maximum absolute atomic E-state index is 11.7. The zero-order valence-corrected chi connectivity index (χ0v) is 9.41. The van der Waals surface area contributed by atoms with Gasteiger partial charge >= 0.3 is 0 Å². The van der Waals surface area contributed by atoms with Crippen LogP contribution in [0, 0.1) is 0 Å². The molecule has 0 unspecified atom stereocenters. The summed E-state index contributed by atoms with van der Waals surface area (Å²) in [7, 11) is 4.31. The first-order valence-corrected chi connectivity index (χ1v) is 4.49. The van der Waals surface area contributed by atoms with Crippen molar-refractivity contribution in [3.8, 4) is 5.88 Å². The maximum atomic E-state index is 11.7. The molecule has 0 aliphatic carbocycles. The smallest absolute Gasteiger partial charge is 0.282 e. The fourth-order valence-electron chi connectivity index (χ4n) is 0.995. The summed E-state index contributed by atoms with van der Waals surface area (Å²) in [4.78, 5) is 20.4. The van der Waals surface area contributed by atoms with Crippen molar-refractivity contribution in [3.63, 3.8) is 0 Å². The van der Waals surface area contributed by atoms with E-state index in [1.165, 1.54) is 33.5 Å². The summed E-state index contributed by atoms with van der Waals surface area (Å²) < 4.78 is 4.94. The molecule has 0 bridgehead atoms. The van der Waals surface area contributed by atoms with Crippen molar-refractivity contribution in [1.29, 1.82) is 0 Å². The van der Waals surface area contributed by atoms with Crippen LogP contribution >= 0.6 is 11.6 Å². The second kappa shape index (κ2) is 4.95. The van der Waals surface area contributed by atoms with Gasteiger partial charge in [-0.1, -0.05) is 11.6 Å². The van der Waals surface area contributed by atoms with Crippen molar-refractivity contribution in [1.82, 2.24) is 10.0 Å². The van der Waals surface area contributed by atoms with E-state index in [0.717, 1.165) is 5.06 Å². The number of carbonyl (C=O) groups is 1. The number of hydroxylamine groups is 2. The predicted octanol–water partition coefficient (Wildman–Crippen LogP) is 1.38. The molecule has 0 fully saturated rings. The van der Waals surface area contributed by atoms with Gasteiger partial charge in [-0.25, -0.2) is 10.0 Å². The number of rotatable bonds is 3. The summed E-state index contributed by atoms with van der Waals surface area (Å²) in [5, 5.41) is 1.43. The first kappa shape index (κ1) is 11.7. The van der Waals surface area contributed by atoms with E-state index in [0.29, 0.717) is 5.02 Å². The van der Waals surface area contributed by atoms with Crippen LogP contribution in [-0.4, -0.2) is 37.2 Å². The van der Waals surface area contributed by atoms with E-state index in [-0.39, 0.29) is 17.4 Å². The molecular weight excluding hydrogens is 220 g/mol. The quantitative estimate of drug-likeness (QED) is 0.736. The normalized spacial score (nSPS) is 9.87. The number of pyridine rings is 1. The van der Waals surface area contributed by atoms with Crippen LogP contribution in [0.25, 0.3) is 0 Å². The molecule has 0 aromatic carbocycles. The highest BCUT2D eigenvalue weighted by Gasteiger charge is 2.18. The molecule has 5 nitrogen and oxygen atoms in total. The van der Waals surface area contributed by atoms with E-state index in [1.807, 2.05) is 0 Å². The van der Waals surface area contributed by atoms with Gasteiger partial charge in [0.25, 0.3) is 5.91 Å². The van der Waals surface area contributed by atoms with Crippen LogP contribution in [0.1, 0.15) is 10.4 Å². The number of amides is 1. The summed E-state index contributed by atoms with van der Waals surface area (Å²) in [6.45, 7) is 0. The van der Waals surface area contributed by atoms with E-state index in [2.05, 4.69) is 4.98 Å². The average Bonchev–Trinajstić information content (AvgIpc) is 2.27. The standard InChI is InChI=1S/C9H11ClN2O3/c1-12(15-3)9(13)7-4-6(10)5-11-8(7)14-2/h4-5H,1-3H3. The molecule has 1 amide bonds. The minimum Gasteiger partial charge on any atom is -0.480 e. The lowest BCUT2D eigenvalue weighted by Crippen LogP contribution is -2.26. The Balaban J connectivity index is 3.11. The van der Waals surface area contributed by atoms with E-state index in [9.17, 15) is 4.79 Å². The average molecular weight is 231 g/mol. The Morgan fingerprint density at radius 2 is 2.20 bits per heavy atom. The largest absolute Gasteiger partial charge is 0.480 e. The lowest BCUT2D eigenvalue weighted by atomic mass is 10.2. The second-order valence-electron chi connectivity index (χ2n) is 2.70. The topological polar surface area (TPSA) is 51.7 Å². The molecule has 1 aromatic heterocycles. The van der Waals surface area contributed by atoms with Crippen molar-refractivity contribution >= 4 is 17.5 Å². The third-order valence-corrected chi connectivity index (χ3v) is 2.01. The molecule has 0 spiro atoms. The van der Waals surface area contributed by atoms with Crippen LogP contribution in [0.5, 0.6) is 5.88 Å². The van der Waals surface area contributed by atoms with Gasteiger partial charge < -0.3 is 4.74 Å². The van der Waals surface area contributed by atoms with Crippen LogP contribution in [0.4, 0.5) is 0 Å². The molecule has 6 heteroatoms. The lowest BCUT2D eigenvalue weighted by molar-refractivity contribution is -0.0758. The maximum Gasteiger partial charge on any atom is 0.282 e. The van der Waals surface area contributed by atoms with E-state index >= 15 is 0 Å². The van der Waals surface area contributed by atoms with Crippen LogP contribution in [0.15, 0.2) is 12.3 Å². The van der Waals surface area contributed by atoms with Gasteiger partial charge in [-0.3, -0.25) is 9.63 Å². The van der Waals surface area contributed by atoms with Crippen molar-refractivity contribution < 1.29 is 14.4 Å². The monoisotopic (exact) mass is 230 g/mol. The SMILES string of the molecule is COc1ncc(Cl)cc1C(=O)N(C)OC. The molecule has 0 aliphatic rings. The number of aromatic nitrogens is 1. The van der Waals surface area contributed by atoms with Crippen LogP contribution in [0.2, 0.25) is 5.02 Å². The Morgan fingerprint density at radius 1 is 1.53 bits per heavy atom.